The first-order valence-corrected chi connectivity index (χ1v) is 10.6. The number of ether oxygens (including phenoxy) is 1. The Labute approximate surface area is 174 Å². The van der Waals surface area contributed by atoms with Crippen LogP contribution in [0.4, 0.5) is 0 Å². The van der Waals surface area contributed by atoms with Gasteiger partial charge in [-0.2, -0.15) is 0 Å². The van der Waals surface area contributed by atoms with E-state index in [0.717, 1.165) is 38.4 Å². The van der Waals surface area contributed by atoms with E-state index in [4.69, 9.17) is 4.74 Å². The van der Waals surface area contributed by atoms with Crippen LogP contribution in [-0.2, 0) is 6.42 Å². The average molecular weight is 384 g/mol. The zero-order valence-electron chi connectivity index (χ0n) is 17.4. The molecular formula is C27H29NO. The van der Waals surface area contributed by atoms with Crippen molar-refractivity contribution in [3.05, 3.63) is 101 Å². The summed E-state index contributed by atoms with van der Waals surface area (Å²) in [6.45, 7) is 8.20. The fraction of sp³-hybridized carbons (Fsp3) is 0.259. The third-order valence-electron chi connectivity index (χ3n) is 5.79. The predicted octanol–water partition coefficient (Wildman–Crippen LogP) is 5.92. The molecule has 0 bridgehead atoms. The normalized spacial score (nSPS) is 13.1. The van der Waals surface area contributed by atoms with Gasteiger partial charge in [0.15, 0.2) is 0 Å². The van der Waals surface area contributed by atoms with Crippen LogP contribution in [0.2, 0.25) is 0 Å². The first-order valence-electron chi connectivity index (χ1n) is 10.6. The summed E-state index contributed by atoms with van der Waals surface area (Å²) in [6.07, 6.45) is 0.984. The molecule has 2 heteroatoms. The highest BCUT2D eigenvalue weighted by Gasteiger charge is 2.23. The van der Waals surface area contributed by atoms with Crippen molar-refractivity contribution in [2.45, 2.75) is 20.3 Å². The molecule has 0 heterocycles. The van der Waals surface area contributed by atoms with Crippen LogP contribution in [0, 0.1) is 0 Å². The molecule has 0 fully saturated rings. The summed E-state index contributed by atoms with van der Waals surface area (Å²) >= 11 is 0. The minimum atomic E-state index is 0.724. The van der Waals surface area contributed by atoms with Crippen LogP contribution in [0.3, 0.4) is 0 Å². The number of hydrogen-bond donors (Lipinski definition) is 0. The lowest BCUT2D eigenvalue weighted by atomic mass is 9.94. The summed E-state index contributed by atoms with van der Waals surface area (Å²) in [4.78, 5) is 2.38. The molecule has 0 N–H and O–H groups in total. The third-order valence-corrected chi connectivity index (χ3v) is 5.79. The molecule has 0 saturated heterocycles. The Morgan fingerprint density at radius 1 is 0.759 bits per heavy atom. The van der Waals surface area contributed by atoms with Crippen LogP contribution in [0.15, 0.2) is 78.9 Å². The smallest absolute Gasteiger partial charge is 0.119 e. The summed E-state index contributed by atoms with van der Waals surface area (Å²) in [7, 11) is 0. The summed E-state index contributed by atoms with van der Waals surface area (Å²) < 4.78 is 5.98. The van der Waals surface area contributed by atoms with E-state index < -0.39 is 0 Å². The zero-order chi connectivity index (χ0) is 20.1. The first kappa shape index (κ1) is 19.5. The topological polar surface area (TPSA) is 12.5 Å². The number of allylic oxidation sites excluding steroid dienone is 1. The largest absolute Gasteiger partial charge is 0.492 e. The predicted molar refractivity (Wildman–Crippen MR) is 122 cm³/mol. The Hall–Kier alpha value is -2.84. The lowest BCUT2D eigenvalue weighted by Gasteiger charge is -2.18. The van der Waals surface area contributed by atoms with Gasteiger partial charge in [-0.3, -0.25) is 0 Å². The monoisotopic (exact) mass is 383 g/mol. The molecule has 1 aliphatic carbocycles. The molecule has 29 heavy (non-hydrogen) atoms. The van der Waals surface area contributed by atoms with E-state index in [1.54, 1.807) is 0 Å². The number of rotatable bonds is 8. The molecule has 4 rings (SSSR count). The van der Waals surface area contributed by atoms with Gasteiger partial charge in [0, 0.05) is 6.54 Å². The van der Waals surface area contributed by atoms with Gasteiger partial charge in [0.2, 0.25) is 0 Å². The van der Waals surface area contributed by atoms with Gasteiger partial charge in [-0.15, -0.1) is 0 Å². The summed E-state index contributed by atoms with van der Waals surface area (Å²) in [5.74, 6) is 0.939. The number of hydrogen-bond acceptors (Lipinski definition) is 2. The second-order valence-corrected chi connectivity index (χ2v) is 7.45. The van der Waals surface area contributed by atoms with Crippen molar-refractivity contribution in [3.8, 4) is 5.75 Å². The summed E-state index contributed by atoms with van der Waals surface area (Å²) in [6, 6.07) is 28.1. The molecular weight excluding hydrogens is 354 g/mol. The van der Waals surface area contributed by atoms with Gasteiger partial charge in [0.1, 0.15) is 12.4 Å². The summed E-state index contributed by atoms with van der Waals surface area (Å²) in [5.41, 5.74) is 8.06. The Bertz CT molecular complexity index is 969. The van der Waals surface area contributed by atoms with Crippen molar-refractivity contribution in [1.82, 2.24) is 4.90 Å². The minimum Gasteiger partial charge on any atom is -0.492 e. The lowest BCUT2D eigenvalue weighted by molar-refractivity contribution is 0.223. The standard InChI is InChI=1S/C27H29NO/c1-3-28(4-2)18-19-29-24-16-14-22(15-17-24)27-25-13-9-8-12-23(25)20-26(27)21-10-6-5-7-11-21/h5-17H,3-4,18-20H2,1-2H3. The van der Waals surface area contributed by atoms with Crippen molar-refractivity contribution in [3.63, 3.8) is 0 Å². The highest BCUT2D eigenvalue weighted by molar-refractivity contribution is 6.03. The van der Waals surface area contributed by atoms with E-state index >= 15 is 0 Å². The Kier molecular flexibility index (Phi) is 6.12. The zero-order valence-corrected chi connectivity index (χ0v) is 17.4. The van der Waals surface area contributed by atoms with E-state index in [2.05, 4.69) is 97.6 Å². The molecule has 0 radical (unpaired) electrons. The maximum absolute atomic E-state index is 5.98. The molecule has 0 aromatic heterocycles. The van der Waals surface area contributed by atoms with Gasteiger partial charge >= 0.3 is 0 Å². The molecule has 3 aromatic rings. The molecule has 0 saturated carbocycles. The van der Waals surface area contributed by atoms with Crippen LogP contribution in [-0.4, -0.2) is 31.1 Å². The molecule has 3 aromatic carbocycles. The minimum absolute atomic E-state index is 0.724. The lowest BCUT2D eigenvalue weighted by Crippen LogP contribution is -2.27. The van der Waals surface area contributed by atoms with E-state index in [0.29, 0.717) is 0 Å². The fourth-order valence-corrected chi connectivity index (χ4v) is 4.13. The molecule has 0 atom stereocenters. The molecule has 0 spiro atoms. The quantitative estimate of drug-likeness (QED) is 0.478. The highest BCUT2D eigenvalue weighted by atomic mass is 16.5. The van der Waals surface area contributed by atoms with Gasteiger partial charge in [-0.25, -0.2) is 0 Å². The molecule has 2 nitrogen and oxygen atoms in total. The van der Waals surface area contributed by atoms with Crippen molar-refractivity contribution >= 4 is 11.1 Å². The van der Waals surface area contributed by atoms with Crippen molar-refractivity contribution < 1.29 is 4.74 Å². The van der Waals surface area contributed by atoms with Gasteiger partial charge < -0.3 is 9.64 Å². The average Bonchev–Trinajstić information content (AvgIpc) is 3.17. The highest BCUT2D eigenvalue weighted by Crippen LogP contribution is 2.42. The summed E-state index contributed by atoms with van der Waals surface area (Å²) in [5, 5.41) is 0. The fourth-order valence-electron chi connectivity index (χ4n) is 4.13. The molecule has 0 unspecified atom stereocenters. The third kappa shape index (κ3) is 4.28. The van der Waals surface area contributed by atoms with Crippen molar-refractivity contribution in [2.75, 3.05) is 26.2 Å². The van der Waals surface area contributed by atoms with Crippen LogP contribution in [0.1, 0.15) is 36.1 Å². The number of benzene rings is 3. The molecule has 0 aliphatic heterocycles. The Morgan fingerprint density at radius 2 is 1.45 bits per heavy atom. The second-order valence-electron chi connectivity index (χ2n) is 7.45. The van der Waals surface area contributed by atoms with Crippen LogP contribution in [0.5, 0.6) is 5.75 Å². The number of fused-ring (bicyclic) bond motifs is 1. The van der Waals surface area contributed by atoms with Gasteiger partial charge in [0.25, 0.3) is 0 Å². The van der Waals surface area contributed by atoms with E-state index in [1.165, 1.54) is 33.4 Å². The molecule has 0 amide bonds. The van der Waals surface area contributed by atoms with Gasteiger partial charge in [-0.1, -0.05) is 80.6 Å². The number of nitrogens with zero attached hydrogens (tertiary/aromatic N) is 1. The van der Waals surface area contributed by atoms with Crippen LogP contribution >= 0.6 is 0 Å². The second kappa shape index (κ2) is 9.11. The Morgan fingerprint density at radius 3 is 2.17 bits per heavy atom. The molecule has 1 aliphatic rings. The SMILES string of the molecule is CCN(CC)CCOc1ccc(C2=C(c3ccccc3)Cc3ccccc32)cc1. The van der Waals surface area contributed by atoms with E-state index in [1.807, 2.05) is 0 Å². The van der Waals surface area contributed by atoms with E-state index in [9.17, 15) is 0 Å². The van der Waals surface area contributed by atoms with Gasteiger partial charge in [0.05, 0.1) is 0 Å². The first-order chi connectivity index (χ1) is 14.3. The van der Waals surface area contributed by atoms with Crippen LogP contribution in [0.25, 0.3) is 11.1 Å². The van der Waals surface area contributed by atoms with Gasteiger partial charge in [-0.05, 0) is 65.0 Å². The van der Waals surface area contributed by atoms with Crippen molar-refractivity contribution in [2.24, 2.45) is 0 Å². The van der Waals surface area contributed by atoms with Crippen molar-refractivity contribution in [1.29, 1.82) is 0 Å². The van der Waals surface area contributed by atoms with E-state index in [-0.39, 0.29) is 0 Å². The van der Waals surface area contributed by atoms with Crippen LogP contribution < -0.4 is 4.74 Å². The number of likely N-dealkylation sites (N-methyl/N-ethyl adjacent to an activating group) is 1. The Balaban J connectivity index is 1.59. The molecule has 148 valence electrons. The maximum atomic E-state index is 5.98. The maximum Gasteiger partial charge on any atom is 0.119 e.